The number of carbonyl (C=O) groups excluding carboxylic acids is 1. The quantitative estimate of drug-likeness (QED) is 0.871. The molecule has 2 aromatic heterocycles. The molecule has 17 heavy (non-hydrogen) atoms. The Morgan fingerprint density at radius 2 is 2.29 bits per heavy atom. The summed E-state index contributed by atoms with van der Waals surface area (Å²) in [6, 6.07) is 5.59. The van der Waals surface area contributed by atoms with E-state index in [2.05, 4.69) is 10.3 Å². The van der Waals surface area contributed by atoms with E-state index >= 15 is 0 Å². The van der Waals surface area contributed by atoms with Gasteiger partial charge in [0.15, 0.2) is 0 Å². The molecule has 2 aromatic rings. The second kappa shape index (κ2) is 4.97. The third-order valence-corrected chi connectivity index (χ3v) is 3.26. The molecule has 0 spiro atoms. The van der Waals surface area contributed by atoms with Gasteiger partial charge in [0.05, 0.1) is 5.69 Å². The molecule has 3 N–H and O–H groups in total. The van der Waals surface area contributed by atoms with E-state index in [1.54, 1.807) is 17.6 Å². The zero-order valence-electron chi connectivity index (χ0n) is 9.43. The number of anilines is 1. The third-order valence-electron chi connectivity index (χ3n) is 2.33. The number of nitrogens with two attached hydrogens (primary N) is 1. The molecule has 0 saturated carbocycles. The molecule has 0 unspecified atom stereocenters. The zero-order valence-corrected chi connectivity index (χ0v) is 10.3. The number of nitrogens with one attached hydrogen (secondary N) is 1. The van der Waals surface area contributed by atoms with Crippen molar-refractivity contribution in [2.24, 2.45) is 0 Å². The van der Waals surface area contributed by atoms with Crippen LogP contribution in [0.5, 0.6) is 0 Å². The number of amides is 1. The van der Waals surface area contributed by atoms with Crippen LogP contribution in [0.4, 0.5) is 5.69 Å². The summed E-state index contributed by atoms with van der Waals surface area (Å²) >= 11 is 1.34. The Bertz CT molecular complexity index is 519. The van der Waals surface area contributed by atoms with Crippen LogP contribution in [0.3, 0.4) is 0 Å². The Morgan fingerprint density at radius 1 is 1.47 bits per heavy atom. The fraction of sp³-hybridized carbons (Fsp3) is 0.167. The van der Waals surface area contributed by atoms with E-state index in [-0.39, 0.29) is 5.91 Å². The highest BCUT2D eigenvalue weighted by Gasteiger charge is 2.10. The van der Waals surface area contributed by atoms with E-state index < -0.39 is 0 Å². The molecule has 88 valence electrons. The molecule has 0 aliphatic heterocycles. The van der Waals surface area contributed by atoms with E-state index in [9.17, 15) is 4.79 Å². The topological polar surface area (TPSA) is 68.0 Å². The maximum absolute atomic E-state index is 11.8. The second-order valence-electron chi connectivity index (χ2n) is 3.70. The minimum absolute atomic E-state index is 0.141. The normalized spacial score (nSPS) is 10.2. The molecule has 1 amide bonds. The number of aromatic nitrogens is 1. The Hall–Kier alpha value is -1.88. The van der Waals surface area contributed by atoms with Crippen LogP contribution in [0.25, 0.3) is 0 Å². The van der Waals surface area contributed by atoms with Crippen LogP contribution in [0, 0.1) is 6.92 Å². The third kappa shape index (κ3) is 2.82. The van der Waals surface area contributed by atoms with Crippen LogP contribution in [-0.4, -0.2) is 10.9 Å². The van der Waals surface area contributed by atoms with Crippen LogP contribution < -0.4 is 11.1 Å². The van der Waals surface area contributed by atoms with Gasteiger partial charge in [-0.1, -0.05) is 6.07 Å². The highest BCUT2D eigenvalue weighted by Crippen LogP contribution is 2.18. The van der Waals surface area contributed by atoms with Crippen molar-refractivity contribution in [1.29, 1.82) is 0 Å². The number of aryl methyl sites for hydroxylation is 1. The van der Waals surface area contributed by atoms with Gasteiger partial charge in [0, 0.05) is 18.4 Å². The van der Waals surface area contributed by atoms with Gasteiger partial charge in [0.25, 0.3) is 5.91 Å². The SMILES string of the molecule is Cc1ccc(CNC(=O)c2sccc2N)cn1. The molecule has 5 heteroatoms. The van der Waals surface area contributed by atoms with Gasteiger partial charge in [-0.25, -0.2) is 0 Å². The Labute approximate surface area is 103 Å². The van der Waals surface area contributed by atoms with Crippen molar-refractivity contribution in [1.82, 2.24) is 10.3 Å². The van der Waals surface area contributed by atoms with E-state index in [4.69, 9.17) is 5.73 Å². The highest BCUT2D eigenvalue weighted by molar-refractivity contribution is 7.12. The number of carbonyl (C=O) groups is 1. The summed E-state index contributed by atoms with van der Waals surface area (Å²) in [4.78, 5) is 16.5. The molecular weight excluding hydrogens is 234 g/mol. The summed E-state index contributed by atoms with van der Waals surface area (Å²) < 4.78 is 0. The van der Waals surface area contributed by atoms with E-state index in [1.807, 2.05) is 19.1 Å². The summed E-state index contributed by atoms with van der Waals surface area (Å²) in [5.41, 5.74) is 8.12. The van der Waals surface area contributed by atoms with Crippen molar-refractivity contribution in [3.05, 3.63) is 45.9 Å². The van der Waals surface area contributed by atoms with Crippen molar-refractivity contribution in [2.45, 2.75) is 13.5 Å². The molecule has 0 fully saturated rings. The summed E-state index contributed by atoms with van der Waals surface area (Å²) in [6.07, 6.45) is 1.76. The Morgan fingerprint density at radius 3 is 2.88 bits per heavy atom. The van der Waals surface area contributed by atoms with Crippen LogP contribution in [-0.2, 0) is 6.54 Å². The molecule has 0 aliphatic rings. The average molecular weight is 247 g/mol. The number of pyridine rings is 1. The lowest BCUT2D eigenvalue weighted by Crippen LogP contribution is -2.22. The monoisotopic (exact) mass is 247 g/mol. The lowest BCUT2D eigenvalue weighted by Gasteiger charge is -2.04. The highest BCUT2D eigenvalue weighted by atomic mass is 32.1. The molecule has 0 bridgehead atoms. The number of rotatable bonds is 3. The molecule has 0 aromatic carbocycles. The zero-order chi connectivity index (χ0) is 12.3. The van der Waals surface area contributed by atoms with Crippen molar-refractivity contribution in [3.63, 3.8) is 0 Å². The molecule has 0 aliphatic carbocycles. The van der Waals surface area contributed by atoms with Gasteiger partial charge in [-0.2, -0.15) is 0 Å². The summed E-state index contributed by atoms with van der Waals surface area (Å²) in [7, 11) is 0. The first-order valence-corrected chi connectivity index (χ1v) is 6.07. The van der Waals surface area contributed by atoms with Crippen molar-refractivity contribution in [3.8, 4) is 0 Å². The van der Waals surface area contributed by atoms with Crippen LogP contribution >= 0.6 is 11.3 Å². The van der Waals surface area contributed by atoms with Gasteiger partial charge in [-0.3, -0.25) is 9.78 Å². The smallest absolute Gasteiger partial charge is 0.263 e. The largest absolute Gasteiger partial charge is 0.397 e. The predicted octanol–water partition coefficient (Wildman–Crippen LogP) is 1.96. The Balaban J connectivity index is 1.97. The van der Waals surface area contributed by atoms with Crippen molar-refractivity contribution >= 4 is 22.9 Å². The fourth-order valence-electron chi connectivity index (χ4n) is 1.37. The van der Waals surface area contributed by atoms with Gasteiger partial charge < -0.3 is 11.1 Å². The van der Waals surface area contributed by atoms with Gasteiger partial charge in [0.1, 0.15) is 4.88 Å². The molecule has 0 atom stereocenters. The standard InChI is InChI=1S/C12H13N3OS/c1-8-2-3-9(6-14-8)7-15-12(16)11-10(13)4-5-17-11/h2-6H,7,13H2,1H3,(H,15,16). The van der Waals surface area contributed by atoms with Crippen molar-refractivity contribution in [2.75, 3.05) is 5.73 Å². The molecule has 4 nitrogen and oxygen atoms in total. The van der Waals surface area contributed by atoms with E-state index in [1.165, 1.54) is 11.3 Å². The van der Waals surface area contributed by atoms with E-state index in [0.717, 1.165) is 11.3 Å². The lowest BCUT2D eigenvalue weighted by atomic mass is 10.2. The number of thiophene rings is 1. The first-order valence-electron chi connectivity index (χ1n) is 5.19. The maximum Gasteiger partial charge on any atom is 0.263 e. The summed E-state index contributed by atoms with van der Waals surface area (Å²) in [5.74, 6) is -0.141. The predicted molar refractivity (Wildman–Crippen MR) is 68.9 cm³/mol. The number of hydrogen-bond donors (Lipinski definition) is 2. The van der Waals surface area contributed by atoms with Gasteiger partial charge in [-0.15, -0.1) is 11.3 Å². The number of nitrogen functional groups attached to an aromatic ring is 1. The maximum atomic E-state index is 11.8. The Kier molecular flexibility index (Phi) is 3.39. The van der Waals surface area contributed by atoms with Gasteiger partial charge in [-0.05, 0) is 30.0 Å². The fourth-order valence-corrected chi connectivity index (χ4v) is 2.10. The van der Waals surface area contributed by atoms with Crippen LogP contribution in [0.2, 0.25) is 0 Å². The first kappa shape index (κ1) is 11.6. The molecule has 0 radical (unpaired) electrons. The van der Waals surface area contributed by atoms with Gasteiger partial charge in [0.2, 0.25) is 0 Å². The second-order valence-corrected chi connectivity index (χ2v) is 4.61. The van der Waals surface area contributed by atoms with E-state index in [0.29, 0.717) is 17.1 Å². The van der Waals surface area contributed by atoms with Crippen LogP contribution in [0.1, 0.15) is 20.9 Å². The molecule has 2 heterocycles. The van der Waals surface area contributed by atoms with Crippen LogP contribution in [0.15, 0.2) is 29.8 Å². The van der Waals surface area contributed by atoms with Gasteiger partial charge >= 0.3 is 0 Å². The summed E-state index contributed by atoms with van der Waals surface area (Å²) in [5, 5.41) is 4.62. The first-order chi connectivity index (χ1) is 8.16. The summed E-state index contributed by atoms with van der Waals surface area (Å²) in [6.45, 7) is 2.39. The number of nitrogens with zero attached hydrogens (tertiary/aromatic N) is 1. The average Bonchev–Trinajstić information content (AvgIpc) is 2.74. The molecular formula is C12H13N3OS. The lowest BCUT2D eigenvalue weighted by molar-refractivity contribution is 0.0956. The van der Waals surface area contributed by atoms with Crippen molar-refractivity contribution < 1.29 is 4.79 Å². The minimum atomic E-state index is -0.141. The molecule has 2 rings (SSSR count). The molecule has 0 saturated heterocycles. The number of hydrogen-bond acceptors (Lipinski definition) is 4. The minimum Gasteiger partial charge on any atom is -0.397 e.